The zero-order chi connectivity index (χ0) is 28.5. The Labute approximate surface area is 236 Å². The molecule has 5 rings (SSSR count). The topological polar surface area (TPSA) is 43.9 Å². The van der Waals surface area contributed by atoms with Crippen LogP contribution in [0.5, 0.6) is 5.75 Å². The Kier molecular flexibility index (Phi) is 11.4. The molecule has 2 atom stereocenters. The predicted molar refractivity (Wildman–Crippen MR) is 167 cm³/mol. The second-order valence-electron chi connectivity index (χ2n) is 10.2. The van der Waals surface area contributed by atoms with Crippen molar-refractivity contribution in [3.05, 3.63) is 48.3 Å². The lowest BCUT2D eigenvalue weighted by Gasteiger charge is -2.31. The molecule has 2 unspecified atom stereocenters. The van der Waals surface area contributed by atoms with Crippen molar-refractivity contribution in [2.75, 3.05) is 77.3 Å². The van der Waals surface area contributed by atoms with Crippen LogP contribution in [0, 0.1) is 17.7 Å². The Morgan fingerprint density at radius 3 is 2.38 bits per heavy atom. The number of piperidine rings is 1. The predicted octanol–water partition coefficient (Wildman–Crippen LogP) is 6.39. The van der Waals surface area contributed by atoms with Crippen LogP contribution in [0.3, 0.4) is 0 Å². The van der Waals surface area contributed by atoms with Gasteiger partial charge < -0.3 is 24.8 Å². The molecular weight excluding hydrogens is 489 g/mol. The van der Waals surface area contributed by atoms with Crippen LogP contribution in [-0.4, -0.2) is 77.4 Å². The summed E-state index contributed by atoms with van der Waals surface area (Å²) in [5.41, 5.74) is 4.39. The number of pyridine rings is 1. The molecule has 0 spiro atoms. The minimum Gasteiger partial charge on any atom is -0.492 e. The van der Waals surface area contributed by atoms with Crippen molar-refractivity contribution < 1.29 is 10.6 Å². The van der Waals surface area contributed by atoms with Gasteiger partial charge in [0.25, 0.3) is 0 Å². The number of hydrogen-bond acceptors (Lipinski definition) is 6. The molecule has 3 heterocycles. The van der Waals surface area contributed by atoms with E-state index in [2.05, 4.69) is 40.4 Å². The highest BCUT2D eigenvalue weighted by Gasteiger charge is 2.37. The number of fused-ring (bicyclic) bond motifs is 2. The summed E-state index contributed by atoms with van der Waals surface area (Å²) in [5, 5.41) is 3.97. The molecule has 0 saturated carbocycles. The third-order valence-electron chi connectivity index (χ3n) is 7.45. The largest absolute Gasteiger partial charge is 0.492 e. The van der Waals surface area contributed by atoms with Crippen LogP contribution in [0.15, 0.2) is 42.5 Å². The van der Waals surface area contributed by atoms with E-state index in [1.165, 1.54) is 6.42 Å². The SMILES string of the molecule is CC.CC.CNCCOc1ccc(-c2cc(N3CC4CCN(C)CC4C3)c3cc(F)c(N(C)C)cc3n2)cc1.[HH]. The van der Waals surface area contributed by atoms with Gasteiger partial charge in [-0.3, -0.25) is 0 Å². The highest BCUT2D eigenvalue weighted by atomic mass is 19.1. The maximum atomic E-state index is 15.1. The van der Waals surface area contributed by atoms with Crippen LogP contribution in [0.2, 0.25) is 0 Å². The first kappa shape index (κ1) is 30.6. The Morgan fingerprint density at radius 1 is 1.03 bits per heavy atom. The molecule has 6 nitrogen and oxygen atoms in total. The molecule has 1 aromatic heterocycles. The molecule has 2 saturated heterocycles. The summed E-state index contributed by atoms with van der Waals surface area (Å²) in [6.45, 7) is 13.7. The Morgan fingerprint density at radius 2 is 1.72 bits per heavy atom. The zero-order valence-electron chi connectivity index (χ0n) is 25.2. The number of halogens is 1. The number of likely N-dealkylation sites (N-methyl/N-ethyl adjacent to an activating group) is 1. The number of hydrogen-bond donors (Lipinski definition) is 1. The molecule has 2 aliphatic rings. The average molecular weight is 540 g/mol. The number of rotatable bonds is 7. The summed E-state index contributed by atoms with van der Waals surface area (Å²) in [5.74, 6) is 1.98. The first-order valence-corrected chi connectivity index (χ1v) is 14.6. The van der Waals surface area contributed by atoms with Crippen molar-refractivity contribution in [2.24, 2.45) is 11.8 Å². The summed E-state index contributed by atoms with van der Waals surface area (Å²) in [6, 6.07) is 13.8. The van der Waals surface area contributed by atoms with Gasteiger partial charge in [-0.2, -0.15) is 0 Å². The van der Waals surface area contributed by atoms with Gasteiger partial charge in [0.05, 0.1) is 16.9 Å². The molecule has 1 N–H and O–H groups in total. The molecule has 39 heavy (non-hydrogen) atoms. The molecule has 0 bridgehead atoms. The van der Waals surface area contributed by atoms with E-state index in [4.69, 9.17) is 9.72 Å². The van der Waals surface area contributed by atoms with E-state index >= 15 is 4.39 Å². The monoisotopic (exact) mass is 539 g/mol. The summed E-state index contributed by atoms with van der Waals surface area (Å²) in [4.78, 5) is 11.7. The van der Waals surface area contributed by atoms with Crippen molar-refractivity contribution >= 4 is 22.3 Å². The van der Waals surface area contributed by atoms with Gasteiger partial charge in [-0.05, 0) is 81.4 Å². The van der Waals surface area contributed by atoms with Crippen molar-refractivity contribution in [2.45, 2.75) is 34.1 Å². The molecular formula is C32H50FN5O. The number of nitrogens with zero attached hydrogens (tertiary/aromatic N) is 4. The summed E-state index contributed by atoms with van der Waals surface area (Å²) in [6.07, 6.45) is 1.22. The van der Waals surface area contributed by atoms with E-state index in [0.717, 1.165) is 66.3 Å². The highest BCUT2D eigenvalue weighted by molar-refractivity contribution is 5.96. The van der Waals surface area contributed by atoms with Crippen molar-refractivity contribution in [1.82, 2.24) is 15.2 Å². The summed E-state index contributed by atoms with van der Waals surface area (Å²) < 4.78 is 20.9. The Hall–Kier alpha value is -2.90. The smallest absolute Gasteiger partial charge is 0.147 e. The average Bonchev–Trinajstić information content (AvgIpc) is 3.38. The van der Waals surface area contributed by atoms with E-state index in [1.807, 2.05) is 67.0 Å². The fourth-order valence-corrected chi connectivity index (χ4v) is 5.51. The van der Waals surface area contributed by atoms with Gasteiger partial charge in [0.2, 0.25) is 0 Å². The van der Waals surface area contributed by atoms with E-state index in [-0.39, 0.29) is 7.24 Å². The second-order valence-corrected chi connectivity index (χ2v) is 10.2. The Bertz CT molecular complexity index is 1190. The van der Waals surface area contributed by atoms with Gasteiger partial charge in [-0.1, -0.05) is 27.7 Å². The summed E-state index contributed by atoms with van der Waals surface area (Å²) in [7, 11) is 7.85. The number of aromatic nitrogens is 1. The standard InChI is InChI=1S/C28H36FN5O.2C2H6.H2/c1-30-10-12-35-22-7-5-19(6-8-22)25-14-27(34-17-20-9-11-33(4)16-21(20)18-34)23-13-24(29)28(32(2)3)15-26(23)31-25;2*1-2;/h5-8,13-15,20-21,30H,9-12,16-18H2,1-4H3;2*1-2H3;1H. The second kappa shape index (κ2) is 14.5. The highest BCUT2D eigenvalue weighted by Crippen LogP contribution is 2.39. The van der Waals surface area contributed by atoms with Gasteiger partial charge >= 0.3 is 0 Å². The number of ether oxygens (including phenoxy) is 1. The molecule has 2 aromatic carbocycles. The number of nitrogens with one attached hydrogen (secondary N) is 1. The van der Waals surface area contributed by atoms with Crippen LogP contribution < -0.4 is 19.9 Å². The van der Waals surface area contributed by atoms with Crippen LogP contribution in [0.25, 0.3) is 22.2 Å². The van der Waals surface area contributed by atoms with Crippen molar-refractivity contribution in [3.63, 3.8) is 0 Å². The first-order chi connectivity index (χ1) is 18.9. The lowest BCUT2D eigenvalue weighted by Crippen LogP contribution is -2.37. The fourth-order valence-electron chi connectivity index (χ4n) is 5.51. The minimum atomic E-state index is -0.210. The molecule has 0 aliphatic carbocycles. The fraction of sp³-hybridized carbons (Fsp3) is 0.531. The van der Waals surface area contributed by atoms with Crippen LogP contribution in [0.1, 0.15) is 35.5 Å². The normalized spacial score (nSPS) is 18.5. The van der Waals surface area contributed by atoms with Gasteiger partial charge in [0.15, 0.2) is 0 Å². The third-order valence-corrected chi connectivity index (χ3v) is 7.45. The van der Waals surface area contributed by atoms with Gasteiger partial charge in [-0.15, -0.1) is 0 Å². The Balaban J connectivity index is 0.00000107. The quantitative estimate of drug-likeness (QED) is 0.351. The number of anilines is 2. The first-order valence-electron chi connectivity index (χ1n) is 14.6. The number of likely N-dealkylation sites (tertiary alicyclic amines) is 1. The van der Waals surface area contributed by atoms with E-state index in [9.17, 15) is 0 Å². The van der Waals surface area contributed by atoms with E-state index in [1.54, 1.807) is 11.0 Å². The molecule has 2 aliphatic heterocycles. The van der Waals surface area contributed by atoms with Crippen LogP contribution in [0.4, 0.5) is 15.8 Å². The minimum absolute atomic E-state index is 0. The molecule has 7 heteroatoms. The zero-order valence-corrected chi connectivity index (χ0v) is 25.2. The van der Waals surface area contributed by atoms with Gasteiger partial charge in [0.1, 0.15) is 18.2 Å². The third kappa shape index (κ3) is 7.20. The molecule has 2 fully saturated rings. The van der Waals surface area contributed by atoms with Gasteiger partial charge in [-0.25, -0.2) is 9.37 Å². The number of benzene rings is 2. The van der Waals surface area contributed by atoms with E-state index < -0.39 is 0 Å². The van der Waals surface area contributed by atoms with Crippen LogP contribution >= 0.6 is 0 Å². The van der Waals surface area contributed by atoms with Crippen LogP contribution in [-0.2, 0) is 0 Å². The van der Waals surface area contributed by atoms with Crippen molar-refractivity contribution in [1.29, 1.82) is 0 Å². The maximum absolute atomic E-state index is 15.1. The maximum Gasteiger partial charge on any atom is 0.147 e. The molecule has 0 amide bonds. The van der Waals surface area contributed by atoms with Crippen molar-refractivity contribution in [3.8, 4) is 17.0 Å². The lowest BCUT2D eigenvalue weighted by atomic mass is 9.89. The lowest BCUT2D eigenvalue weighted by molar-refractivity contribution is 0.178. The molecule has 216 valence electrons. The van der Waals surface area contributed by atoms with Gasteiger partial charge in [0, 0.05) is 58.3 Å². The van der Waals surface area contributed by atoms with E-state index in [0.29, 0.717) is 24.1 Å². The summed E-state index contributed by atoms with van der Waals surface area (Å²) >= 11 is 0. The molecule has 0 radical (unpaired) electrons. The molecule has 3 aromatic rings.